The number of nitrogens with one attached hydrogen (secondary N) is 1. The average Bonchev–Trinajstić information content (AvgIpc) is 3.43. The number of benzene rings is 1. The minimum Gasteiger partial charge on any atom is -0.469 e. The van der Waals surface area contributed by atoms with E-state index in [1.807, 2.05) is 32.0 Å². The highest BCUT2D eigenvalue weighted by Crippen LogP contribution is 2.29. The first-order valence-electron chi connectivity index (χ1n) is 10.6. The molecule has 34 heavy (non-hydrogen) atoms. The molecule has 4 amide bonds. The Morgan fingerprint density at radius 1 is 1.26 bits per heavy atom. The molecule has 11 nitrogen and oxygen atoms in total. The molecular weight excluding hydrogens is 442 g/mol. The quantitative estimate of drug-likeness (QED) is 0.663. The molecule has 1 aliphatic carbocycles. The molecule has 5 rings (SSSR count). The van der Waals surface area contributed by atoms with E-state index in [1.165, 1.54) is 4.58 Å². The zero-order valence-electron chi connectivity index (χ0n) is 18.8. The third-order valence-corrected chi connectivity index (χ3v) is 5.69. The number of anilines is 1. The third-order valence-electron chi connectivity index (χ3n) is 5.69. The SMILES string of the molecule is Cc1ccc(C)c(NC(=O)C[N+]2=C3C=C4OCOC4C=C3C(=O)N(Cc3nc(C)no3)C2=O)c1. The van der Waals surface area contributed by atoms with Crippen LogP contribution in [0.15, 0.2) is 46.2 Å². The van der Waals surface area contributed by atoms with E-state index in [-0.39, 0.29) is 37.1 Å². The van der Waals surface area contributed by atoms with Gasteiger partial charge in [0.05, 0.1) is 0 Å². The smallest absolute Gasteiger partial charge is 0.469 e. The number of amides is 4. The fourth-order valence-corrected chi connectivity index (χ4v) is 3.96. The molecule has 0 radical (unpaired) electrons. The summed E-state index contributed by atoms with van der Waals surface area (Å²) >= 11 is 0. The number of allylic oxidation sites excluding steroid dienone is 1. The Kier molecular flexibility index (Phi) is 5.33. The molecule has 0 spiro atoms. The van der Waals surface area contributed by atoms with Crippen LogP contribution in [0, 0.1) is 20.8 Å². The molecule has 3 aliphatic rings. The molecular formula is C23H22N5O6+. The van der Waals surface area contributed by atoms with E-state index in [9.17, 15) is 14.4 Å². The van der Waals surface area contributed by atoms with Crippen LogP contribution in [-0.4, -0.2) is 62.6 Å². The lowest BCUT2D eigenvalue weighted by Gasteiger charge is -2.24. The van der Waals surface area contributed by atoms with Crippen molar-refractivity contribution in [2.45, 2.75) is 33.4 Å². The molecule has 3 heterocycles. The van der Waals surface area contributed by atoms with Crippen LogP contribution in [0.4, 0.5) is 10.5 Å². The Bertz CT molecular complexity index is 1320. The number of hydrogen-bond acceptors (Lipinski definition) is 8. The van der Waals surface area contributed by atoms with Crippen molar-refractivity contribution in [2.75, 3.05) is 18.7 Å². The van der Waals surface area contributed by atoms with Gasteiger partial charge in [-0.1, -0.05) is 17.3 Å². The number of carbonyl (C=O) groups is 3. The number of aromatic nitrogens is 2. The summed E-state index contributed by atoms with van der Waals surface area (Å²) in [4.78, 5) is 44.7. The second-order valence-electron chi connectivity index (χ2n) is 8.22. The Labute approximate surface area is 194 Å². The van der Waals surface area contributed by atoms with Crippen molar-refractivity contribution in [3.8, 4) is 0 Å². The van der Waals surface area contributed by atoms with Gasteiger partial charge in [-0.25, -0.2) is 4.79 Å². The van der Waals surface area contributed by atoms with Crippen molar-refractivity contribution in [3.63, 3.8) is 0 Å². The lowest BCUT2D eigenvalue weighted by atomic mass is 9.97. The van der Waals surface area contributed by atoms with Gasteiger partial charge in [-0.2, -0.15) is 14.4 Å². The molecule has 2 aliphatic heterocycles. The monoisotopic (exact) mass is 464 g/mol. The zero-order valence-corrected chi connectivity index (χ0v) is 18.8. The van der Waals surface area contributed by atoms with Crippen LogP contribution in [0.1, 0.15) is 22.8 Å². The van der Waals surface area contributed by atoms with Gasteiger partial charge >= 0.3 is 11.9 Å². The molecule has 1 atom stereocenters. The van der Waals surface area contributed by atoms with Crippen LogP contribution in [-0.2, 0) is 25.6 Å². The van der Waals surface area contributed by atoms with Gasteiger partial charge in [-0.3, -0.25) is 4.79 Å². The Balaban J connectivity index is 1.50. The predicted octanol–water partition coefficient (Wildman–Crippen LogP) is 1.75. The van der Waals surface area contributed by atoms with Crippen LogP contribution >= 0.6 is 0 Å². The largest absolute Gasteiger partial charge is 0.502 e. The first-order valence-corrected chi connectivity index (χ1v) is 10.6. The number of rotatable bonds is 5. The number of aryl methyl sites for hydroxylation is 3. The summed E-state index contributed by atoms with van der Waals surface area (Å²) in [5.74, 6) is -0.00513. The minimum absolute atomic E-state index is 0.0355. The maximum Gasteiger partial charge on any atom is 0.502 e. The summed E-state index contributed by atoms with van der Waals surface area (Å²) < 4.78 is 17.3. The normalized spacial score (nSPS) is 19.4. The summed E-state index contributed by atoms with van der Waals surface area (Å²) in [6, 6.07) is 5.03. The Morgan fingerprint density at radius 3 is 2.85 bits per heavy atom. The molecule has 1 aromatic heterocycles. The number of imide groups is 1. The summed E-state index contributed by atoms with van der Waals surface area (Å²) in [6.45, 7) is 4.93. The highest BCUT2D eigenvalue weighted by atomic mass is 16.7. The van der Waals surface area contributed by atoms with Gasteiger partial charge in [0, 0.05) is 11.8 Å². The van der Waals surface area contributed by atoms with E-state index in [2.05, 4.69) is 15.5 Å². The molecule has 1 unspecified atom stereocenters. The molecule has 11 heteroatoms. The van der Waals surface area contributed by atoms with Gasteiger partial charge in [-0.15, -0.1) is 4.90 Å². The molecule has 0 bridgehead atoms. The fourth-order valence-electron chi connectivity index (χ4n) is 3.96. The van der Waals surface area contributed by atoms with Gasteiger partial charge in [0.25, 0.3) is 11.8 Å². The molecule has 174 valence electrons. The van der Waals surface area contributed by atoms with Crippen molar-refractivity contribution in [3.05, 3.63) is 64.5 Å². The van der Waals surface area contributed by atoms with Gasteiger partial charge in [0.15, 0.2) is 25.7 Å². The highest BCUT2D eigenvalue weighted by molar-refractivity contribution is 6.29. The first kappa shape index (κ1) is 21.7. The topological polar surface area (TPSA) is 127 Å². The van der Waals surface area contributed by atoms with Crippen molar-refractivity contribution >= 4 is 29.2 Å². The van der Waals surface area contributed by atoms with Gasteiger partial charge in [-0.05, 0) is 44.0 Å². The lowest BCUT2D eigenvalue weighted by Crippen LogP contribution is -2.53. The number of urea groups is 1. The molecule has 1 aromatic carbocycles. The standard InChI is InChI=1S/C23H21N5O6/c1-12-4-5-13(2)16(6-12)25-20(29)9-27-17-8-19-18(32-11-33-19)7-15(17)22(30)28(23(27)31)10-21-24-14(3)26-34-21/h4-8,18H,9-11H2,1-3H3/p+1. The van der Waals surface area contributed by atoms with Crippen molar-refractivity contribution in [1.29, 1.82) is 0 Å². The third kappa shape index (κ3) is 3.90. The predicted molar refractivity (Wildman–Crippen MR) is 117 cm³/mol. The Morgan fingerprint density at radius 2 is 2.09 bits per heavy atom. The van der Waals surface area contributed by atoms with E-state index in [0.29, 0.717) is 17.3 Å². The van der Waals surface area contributed by atoms with E-state index in [0.717, 1.165) is 16.0 Å². The van der Waals surface area contributed by atoms with E-state index in [4.69, 9.17) is 14.0 Å². The number of fused-ring (bicyclic) bond motifs is 2. The van der Waals surface area contributed by atoms with Crippen molar-refractivity contribution < 1.29 is 33.0 Å². The minimum atomic E-state index is -0.682. The summed E-state index contributed by atoms with van der Waals surface area (Å²) in [6.07, 6.45) is 2.63. The number of hydrogen-bond donors (Lipinski definition) is 1. The van der Waals surface area contributed by atoms with Crippen LogP contribution in [0.3, 0.4) is 0 Å². The molecule has 1 saturated heterocycles. The summed E-state index contributed by atoms with van der Waals surface area (Å²) in [5, 5.41) is 6.56. The van der Waals surface area contributed by atoms with Crippen LogP contribution < -0.4 is 5.32 Å². The van der Waals surface area contributed by atoms with Crippen LogP contribution in [0.25, 0.3) is 0 Å². The highest BCUT2D eigenvalue weighted by Gasteiger charge is 2.48. The molecule has 1 fully saturated rings. The molecule has 0 saturated carbocycles. The van der Waals surface area contributed by atoms with Gasteiger partial charge in [0.2, 0.25) is 0 Å². The van der Waals surface area contributed by atoms with Gasteiger partial charge in [0.1, 0.15) is 23.1 Å². The van der Waals surface area contributed by atoms with E-state index in [1.54, 1.807) is 19.1 Å². The second kappa shape index (κ2) is 8.34. The van der Waals surface area contributed by atoms with E-state index >= 15 is 0 Å². The first-order chi connectivity index (χ1) is 16.3. The Hall–Kier alpha value is -4.12. The van der Waals surface area contributed by atoms with Crippen molar-refractivity contribution in [2.24, 2.45) is 0 Å². The lowest BCUT2D eigenvalue weighted by molar-refractivity contribution is -0.424. The molecule has 1 N–H and O–H groups in total. The fraction of sp³-hybridized carbons (Fsp3) is 0.304. The zero-order chi connectivity index (χ0) is 24.0. The van der Waals surface area contributed by atoms with Crippen molar-refractivity contribution in [1.82, 2.24) is 15.0 Å². The number of ether oxygens (including phenoxy) is 2. The van der Waals surface area contributed by atoms with Crippen LogP contribution in [0.5, 0.6) is 0 Å². The second-order valence-corrected chi connectivity index (χ2v) is 8.22. The summed E-state index contributed by atoms with van der Waals surface area (Å²) in [5.41, 5.74) is 3.04. The molecule has 2 aromatic rings. The maximum absolute atomic E-state index is 13.4. The summed E-state index contributed by atoms with van der Waals surface area (Å²) in [7, 11) is 0. The maximum atomic E-state index is 13.4. The average molecular weight is 464 g/mol. The van der Waals surface area contributed by atoms with E-state index < -0.39 is 23.9 Å². The van der Waals surface area contributed by atoms with Gasteiger partial charge < -0.3 is 19.3 Å². The number of nitrogens with zero attached hydrogens (tertiary/aromatic N) is 4. The number of carbonyl (C=O) groups excluding carboxylic acids is 3. The van der Waals surface area contributed by atoms with Crippen LogP contribution in [0.2, 0.25) is 0 Å².